The SMILES string of the molecule is CCCNC(=O)c1ccc(N(C)C(CN2CCCC2)c2ccccc2)cc1. The molecule has 1 aliphatic heterocycles. The molecule has 2 aromatic rings. The summed E-state index contributed by atoms with van der Waals surface area (Å²) in [6.07, 6.45) is 3.54. The summed E-state index contributed by atoms with van der Waals surface area (Å²) in [7, 11) is 2.15. The quantitative estimate of drug-likeness (QED) is 0.765. The third kappa shape index (κ3) is 5.10. The predicted molar refractivity (Wildman–Crippen MR) is 112 cm³/mol. The molecular formula is C23H31N3O. The Morgan fingerprint density at radius 3 is 2.37 bits per heavy atom. The van der Waals surface area contributed by atoms with Crippen molar-refractivity contribution < 1.29 is 4.79 Å². The van der Waals surface area contributed by atoms with Crippen molar-refractivity contribution in [3.05, 3.63) is 65.7 Å². The van der Waals surface area contributed by atoms with Gasteiger partial charge in [-0.25, -0.2) is 0 Å². The zero-order valence-corrected chi connectivity index (χ0v) is 16.5. The van der Waals surface area contributed by atoms with Gasteiger partial charge in [0.15, 0.2) is 0 Å². The van der Waals surface area contributed by atoms with Gasteiger partial charge in [0.1, 0.15) is 0 Å². The van der Waals surface area contributed by atoms with Gasteiger partial charge in [-0.15, -0.1) is 0 Å². The van der Waals surface area contributed by atoms with E-state index in [0.29, 0.717) is 12.6 Å². The highest BCUT2D eigenvalue weighted by Gasteiger charge is 2.23. The maximum absolute atomic E-state index is 12.1. The zero-order chi connectivity index (χ0) is 19.1. The van der Waals surface area contributed by atoms with Crippen LogP contribution in [0.4, 0.5) is 5.69 Å². The standard InChI is InChI=1S/C23H31N3O/c1-3-15-24-23(27)20-11-13-21(14-12-20)25(2)22(18-26-16-7-8-17-26)19-9-5-4-6-10-19/h4-6,9-14,22H,3,7-8,15-18H2,1-2H3,(H,24,27). The predicted octanol–water partition coefficient (Wildman–Crippen LogP) is 4.10. The fourth-order valence-corrected chi connectivity index (χ4v) is 3.70. The lowest BCUT2D eigenvalue weighted by Crippen LogP contribution is -2.35. The lowest BCUT2D eigenvalue weighted by molar-refractivity contribution is 0.0953. The monoisotopic (exact) mass is 365 g/mol. The molecule has 1 atom stereocenters. The van der Waals surface area contributed by atoms with Gasteiger partial charge in [0.25, 0.3) is 5.91 Å². The molecule has 144 valence electrons. The number of likely N-dealkylation sites (N-methyl/N-ethyl adjacent to an activating group) is 1. The van der Waals surface area contributed by atoms with Gasteiger partial charge in [0.2, 0.25) is 0 Å². The number of likely N-dealkylation sites (tertiary alicyclic amines) is 1. The molecule has 1 unspecified atom stereocenters. The zero-order valence-electron chi connectivity index (χ0n) is 16.5. The van der Waals surface area contributed by atoms with Crippen molar-refractivity contribution in [2.75, 3.05) is 38.1 Å². The first-order chi connectivity index (χ1) is 13.2. The van der Waals surface area contributed by atoms with E-state index in [1.807, 2.05) is 12.1 Å². The van der Waals surface area contributed by atoms with Crippen molar-refractivity contribution in [1.82, 2.24) is 10.2 Å². The van der Waals surface area contributed by atoms with E-state index in [0.717, 1.165) is 24.2 Å². The minimum Gasteiger partial charge on any atom is -0.366 e. The second-order valence-electron chi connectivity index (χ2n) is 7.35. The lowest BCUT2D eigenvalue weighted by Gasteiger charge is -2.33. The first kappa shape index (κ1) is 19.4. The fraction of sp³-hybridized carbons (Fsp3) is 0.435. The number of nitrogens with one attached hydrogen (secondary N) is 1. The molecule has 1 heterocycles. The molecule has 0 aliphatic carbocycles. The number of hydrogen-bond acceptors (Lipinski definition) is 3. The molecule has 3 rings (SSSR count). The third-order valence-electron chi connectivity index (χ3n) is 5.35. The number of nitrogens with zero attached hydrogens (tertiary/aromatic N) is 2. The van der Waals surface area contributed by atoms with Crippen LogP contribution in [0.5, 0.6) is 0 Å². The normalized spacial score (nSPS) is 15.5. The van der Waals surface area contributed by atoms with Gasteiger partial charge in [0, 0.05) is 31.4 Å². The summed E-state index contributed by atoms with van der Waals surface area (Å²) < 4.78 is 0. The average Bonchev–Trinajstić information content (AvgIpc) is 3.24. The first-order valence-corrected chi connectivity index (χ1v) is 10.1. The number of rotatable bonds is 8. The van der Waals surface area contributed by atoms with Crippen LogP contribution in [-0.4, -0.2) is 44.0 Å². The van der Waals surface area contributed by atoms with Gasteiger partial charge in [-0.2, -0.15) is 0 Å². The molecule has 2 aromatic carbocycles. The van der Waals surface area contributed by atoms with E-state index in [4.69, 9.17) is 0 Å². The van der Waals surface area contributed by atoms with E-state index in [-0.39, 0.29) is 5.91 Å². The van der Waals surface area contributed by atoms with Crippen LogP contribution in [0.25, 0.3) is 0 Å². The molecule has 1 N–H and O–H groups in total. The molecular weight excluding hydrogens is 334 g/mol. The molecule has 27 heavy (non-hydrogen) atoms. The Labute approximate surface area is 163 Å². The van der Waals surface area contributed by atoms with Gasteiger partial charge in [-0.05, 0) is 62.2 Å². The number of carbonyl (C=O) groups is 1. The van der Waals surface area contributed by atoms with Crippen LogP contribution in [-0.2, 0) is 0 Å². The summed E-state index contributed by atoms with van der Waals surface area (Å²) >= 11 is 0. The van der Waals surface area contributed by atoms with Gasteiger partial charge >= 0.3 is 0 Å². The average molecular weight is 366 g/mol. The summed E-state index contributed by atoms with van der Waals surface area (Å²) in [4.78, 5) is 17.0. The Bertz CT molecular complexity index is 708. The summed E-state index contributed by atoms with van der Waals surface area (Å²) in [6.45, 7) is 6.18. The van der Waals surface area contributed by atoms with E-state index in [1.54, 1.807) is 0 Å². The Kier molecular flexibility index (Phi) is 6.88. The summed E-state index contributed by atoms with van der Waals surface area (Å²) in [6, 6.07) is 19.0. The molecule has 4 heteroatoms. The van der Waals surface area contributed by atoms with Gasteiger partial charge in [0.05, 0.1) is 6.04 Å². The van der Waals surface area contributed by atoms with Gasteiger partial charge in [-0.3, -0.25) is 4.79 Å². The Hall–Kier alpha value is -2.33. The summed E-state index contributed by atoms with van der Waals surface area (Å²) in [5.74, 6) is 0.00253. The van der Waals surface area contributed by atoms with Crippen LogP contribution in [0.15, 0.2) is 54.6 Å². The van der Waals surface area contributed by atoms with Gasteiger partial charge < -0.3 is 15.1 Å². The number of hydrogen-bond donors (Lipinski definition) is 1. The van der Waals surface area contributed by atoms with E-state index >= 15 is 0 Å². The third-order valence-corrected chi connectivity index (χ3v) is 5.35. The van der Waals surface area contributed by atoms with Crippen molar-refractivity contribution >= 4 is 11.6 Å². The second kappa shape index (κ2) is 9.56. The van der Waals surface area contributed by atoms with E-state index in [1.165, 1.54) is 31.5 Å². The number of benzene rings is 2. The van der Waals surface area contributed by atoms with Crippen molar-refractivity contribution in [3.63, 3.8) is 0 Å². The van der Waals surface area contributed by atoms with Gasteiger partial charge in [-0.1, -0.05) is 37.3 Å². The van der Waals surface area contributed by atoms with Crippen LogP contribution in [0.3, 0.4) is 0 Å². The number of carbonyl (C=O) groups excluding carboxylic acids is 1. The molecule has 1 fully saturated rings. The topological polar surface area (TPSA) is 35.6 Å². The molecule has 0 saturated carbocycles. The second-order valence-corrected chi connectivity index (χ2v) is 7.35. The molecule has 4 nitrogen and oxygen atoms in total. The molecule has 0 radical (unpaired) electrons. The van der Waals surface area contributed by atoms with Crippen molar-refractivity contribution in [2.24, 2.45) is 0 Å². The summed E-state index contributed by atoms with van der Waals surface area (Å²) in [5.41, 5.74) is 3.18. The number of anilines is 1. The minimum atomic E-state index is 0.00253. The Morgan fingerprint density at radius 1 is 1.07 bits per heavy atom. The summed E-state index contributed by atoms with van der Waals surface area (Å²) in [5, 5.41) is 2.93. The molecule has 1 aliphatic rings. The van der Waals surface area contributed by atoms with E-state index in [2.05, 4.69) is 71.6 Å². The molecule has 0 aromatic heterocycles. The molecule has 1 saturated heterocycles. The van der Waals surface area contributed by atoms with E-state index in [9.17, 15) is 4.79 Å². The van der Waals surface area contributed by atoms with E-state index < -0.39 is 0 Å². The van der Waals surface area contributed by atoms with Crippen molar-refractivity contribution in [1.29, 1.82) is 0 Å². The van der Waals surface area contributed by atoms with Crippen molar-refractivity contribution in [3.8, 4) is 0 Å². The largest absolute Gasteiger partial charge is 0.366 e. The van der Waals surface area contributed by atoms with Crippen LogP contribution in [0.2, 0.25) is 0 Å². The number of amides is 1. The minimum absolute atomic E-state index is 0.00253. The highest BCUT2D eigenvalue weighted by Crippen LogP contribution is 2.28. The van der Waals surface area contributed by atoms with Crippen molar-refractivity contribution in [2.45, 2.75) is 32.2 Å². The Balaban J connectivity index is 1.76. The lowest BCUT2D eigenvalue weighted by atomic mass is 10.0. The highest BCUT2D eigenvalue weighted by atomic mass is 16.1. The Morgan fingerprint density at radius 2 is 1.74 bits per heavy atom. The van der Waals surface area contributed by atoms with Crippen LogP contribution >= 0.6 is 0 Å². The van der Waals surface area contributed by atoms with Crippen LogP contribution in [0.1, 0.15) is 48.1 Å². The van der Waals surface area contributed by atoms with Crippen LogP contribution < -0.4 is 10.2 Å². The highest BCUT2D eigenvalue weighted by molar-refractivity contribution is 5.94. The first-order valence-electron chi connectivity index (χ1n) is 10.1. The maximum Gasteiger partial charge on any atom is 0.251 e. The fourth-order valence-electron chi connectivity index (χ4n) is 3.70. The smallest absolute Gasteiger partial charge is 0.251 e. The molecule has 0 spiro atoms. The molecule has 1 amide bonds. The molecule has 0 bridgehead atoms. The van der Waals surface area contributed by atoms with Crippen LogP contribution in [0, 0.1) is 0 Å². The maximum atomic E-state index is 12.1.